The van der Waals surface area contributed by atoms with Gasteiger partial charge in [-0.15, -0.1) is 5.10 Å². The zero-order valence-corrected chi connectivity index (χ0v) is 15.5. The van der Waals surface area contributed by atoms with Crippen LogP contribution in [0.2, 0.25) is 0 Å². The lowest BCUT2D eigenvalue weighted by molar-refractivity contribution is -0.384. The highest BCUT2D eigenvalue weighted by Crippen LogP contribution is 2.18. The molecule has 0 saturated carbocycles. The van der Waals surface area contributed by atoms with Crippen molar-refractivity contribution in [1.29, 1.82) is 0 Å². The summed E-state index contributed by atoms with van der Waals surface area (Å²) in [6.45, 7) is 2.13. The summed E-state index contributed by atoms with van der Waals surface area (Å²) >= 11 is 0. The highest BCUT2D eigenvalue weighted by molar-refractivity contribution is 5.93. The number of nitrogens with one attached hydrogen (secondary N) is 1. The molecule has 144 valence electrons. The summed E-state index contributed by atoms with van der Waals surface area (Å²) in [5.74, 6) is 0.434. The maximum absolute atomic E-state index is 12.4. The van der Waals surface area contributed by atoms with E-state index in [1.165, 1.54) is 16.8 Å². The second-order valence-electron chi connectivity index (χ2n) is 6.07. The summed E-state index contributed by atoms with van der Waals surface area (Å²) in [6.07, 6.45) is 0.661. The monoisotopic (exact) mass is 381 g/mol. The van der Waals surface area contributed by atoms with Crippen molar-refractivity contribution >= 4 is 11.6 Å². The van der Waals surface area contributed by atoms with E-state index in [-0.39, 0.29) is 17.3 Å². The molecule has 0 spiro atoms. The zero-order chi connectivity index (χ0) is 20.1. The van der Waals surface area contributed by atoms with E-state index in [1.807, 2.05) is 24.3 Å². The van der Waals surface area contributed by atoms with E-state index in [4.69, 9.17) is 4.74 Å². The second kappa shape index (κ2) is 8.30. The Morgan fingerprint density at radius 1 is 1.25 bits per heavy atom. The summed E-state index contributed by atoms with van der Waals surface area (Å²) in [7, 11) is 1.61. The van der Waals surface area contributed by atoms with Gasteiger partial charge in [0, 0.05) is 18.7 Å². The van der Waals surface area contributed by atoms with Gasteiger partial charge in [-0.25, -0.2) is 4.68 Å². The first-order valence-corrected chi connectivity index (χ1v) is 8.58. The van der Waals surface area contributed by atoms with E-state index in [0.29, 0.717) is 24.3 Å². The Morgan fingerprint density at radius 2 is 2.00 bits per heavy atom. The predicted molar refractivity (Wildman–Crippen MR) is 102 cm³/mol. The lowest BCUT2D eigenvalue weighted by Gasteiger charge is -2.06. The van der Waals surface area contributed by atoms with Crippen LogP contribution in [0.5, 0.6) is 5.75 Å². The first-order valence-electron chi connectivity index (χ1n) is 8.58. The summed E-state index contributed by atoms with van der Waals surface area (Å²) in [5.41, 5.74) is 2.16. The Balaban J connectivity index is 1.66. The molecule has 9 heteroatoms. The number of aromatic nitrogens is 3. The Labute approximate surface area is 161 Å². The minimum atomic E-state index is -0.484. The minimum Gasteiger partial charge on any atom is -0.497 e. The van der Waals surface area contributed by atoms with Gasteiger partial charge < -0.3 is 10.1 Å². The molecule has 0 unspecified atom stereocenters. The van der Waals surface area contributed by atoms with Crippen molar-refractivity contribution in [2.24, 2.45) is 0 Å². The van der Waals surface area contributed by atoms with Crippen molar-refractivity contribution in [2.75, 3.05) is 13.7 Å². The number of benzene rings is 2. The quantitative estimate of drug-likeness (QED) is 0.497. The molecule has 0 saturated heterocycles. The molecule has 2 aromatic carbocycles. The first-order chi connectivity index (χ1) is 13.5. The van der Waals surface area contributed by atoms with Crippen LogP contribution in [0.1, 0.15) is 21.7 Å². The number of carbonyl (C=O) groups excluding carboxylic acids is 1. The van der Waals surface area contributed by atoms with Crippen molar-refractivity contribution in [3.8, 4) is 11.4 Å². The largest absolute Gasteiger partial charge is 0.497 e. The number of nitrogens with zero attached hydrogens (tertiary/aromatic N) is 4. The number of methoxy groups -OCH3 is 1. The van der Waals surface area contributed by atoms with Crippen LogP contribution < -0.4 is 10.1 Å². The summed E-state index contributed by atoms with van der Waals surface area (Å²) in [6, 6.07) is 13.6. The van der Waals surface area contributed by atoms with Crippen molar-refractivity contribution in [1.82, 2.24) is 20.3 Å². The van der Waals surface area contributed by atoms with Crippen molar-refractivity contribution in [3.63, 3.8) is 0 Å². The zero-order valence-electron chi connectivity index (χ0n) is 15.5. The number of nitro benzene ring substituents is 1. The number of ether oxygens (including phenoxy) is 1. The van der Waals surface area contributed by atoms with Crippen LogP contribution in [0.3, 0.4) is 0 Å². The smallest absolute Gasteiger partial charge is 0.273 e. The van der Waals surface area contributed by atoms with Crippen LogP contribution in [0, 0.1) is 17.0 Å². The third kappa shape index (κ3) is 4.14. The van der Waals surface area contributed by atoms with E-state index >= 15 is 0 Å². The van der Waals surface area contributed by atoms with Crippen LogP contribution >= 0.6 is 0 Å². The van der Waals surface area contributed by atoms with Gasteiger partial charge in [0.15, 0.2) is 5.69 Å². The van der Waals surface area contributed by atoms with Crippen LogP contribution in [0.15, 0.2) is 48.5 Å². The van der Waals surface area contributed by atoms with Gasteiger partial charge in [0.05, 0.1) is 23.4 Å². The fourth-order valence-electron chi connectivity index (χ4n) is 2.72. The predicted octanol–water partition coefficient (Wildman–Crippen LogP) is 2.47. The van der Waals surface area contributed by atoms with Gasteiger partial charge >= 0.3 is 0 Å². The lowest BCUT2D eigenvalue weighted by atomic mass is 10.1. The lowest BCUT2D eigenvalue weighted by Crippen LogP contribution is -2.26. The molecule has 1 amide bonds. The standard InChI is InChI=1S/C19H19N5O4/c1-13-18(19(25)20-11-10-14-6-8-17(28-2)9-7-14)21-22-23(13)15-4-3-5-16(12-15)24(26)27/h3-9,12H,10-11H2,1-2H3,(H,20,25). The molecule has 9 nitrogen and oxygen atoms in total. The molecule has 3 aromatic rings. The molecule has 0 aliphatic rings. The van der Waals surface area contributed by atoms with Gasteiger partial charge in [0.2, 0.25) is 0 Å². The molecule has 0 atom stereocenters. The fraction of sp³-hybridized carbons (Fsp3) is 0.211. The normalized spacial score (nSPS) is 10.5. The molecule has 1 aromatic heterocycles. The molecule has 0 bridgehead atoms. The van der Waals surface area contributed by atoms with Gasteiger partial charge in [-0.2, -0.15) is 0 Å². The average molecular weight is 381 g/mol. The van der Waals surface area contributed by atoms with Crippen LogP contribution in [-0.2, 0) is 6.42 Å². The van der Waals surface area contributed by atoms with Gasteiger partial charge in [0.25, 0.3) is 11.6 Å². The summed E-state index contributed by atoms with van der Waals surface area (Å²) in [4.78, 5) is 22.9. The summed E-state index contributed by atoms with van der Waals surface area (Å²) in [5, 5.41) is 21.7. The van der Waals surface area contributed by atoms with Crippen molar-refractivity contribution in [3.05, 3.63) is 75.6 Å². The third-order valence-corrected chi connectivity index (χ3v) is 4.25. The molecule has 0 fully saturated rings. The van der Waals surface area contributed by atoms with E-state index in [1.54, 1.807) is 26.2 Å². The molecule has 0 aliphatic carbocycles. The molecule has 3 rings (SSSR count). The third-order valence-electron chi connectivity index (χ3n) is 4.25. The van der Waals surface area contributed by atoms with E-state index in [0.717, 1.165) is 11.3 Å². The van der Waals surface area contributed by atoms with E-state index in [2.05, 4.69) is 15.6 Å². The van der Waals surface area contributed by atoms with Crippen LogP contribution in [0.25, 0.3) is 5.69 Å². The molecular formula is C19H19N5O4. The van der Waals surface area contributed by atoms with Gasteiger partial charge in [0.1, 0.15) is 5.75 Å². The Morgan fingerprint density at radius 3 is 2.68 bits per heavy atom. The number of carbonyl (C=O) groups is 1. The van der Waals surface area contributed by atoms with Gasteiger partial charge in [-0.05, 0) is 37.1 Å². The van der Waals surface area contributed by atoms with Crippen molar-refractivity contribution in [2.45, 2.75) is 13.3 Å². The Bertz CT molecular complexity index is 998. The van der Waals surface area contributed by atoms with Crippen LogP contribution in [0.4, 0.5) is 5.69 Å². The van der Waals surface area contributed by atoms with Crippen molar-refractivity contribution < 1.29 is 14.5 Å². The average Bonchev–Trinajstić information content (AvgIpc) is 3.10. The van der Waals surface area contributed by atoms with E-state index < -0.39 is 4.92 Å². The van der Waals surface area contributed by atoms with Gasteiger partial charge in [-0.3, -0.25) is 14.9 Å². The minimum absolute atomic E-state index is 0.0575. The molecule has 28 heavy (non-hydrogen) atoms. The molecule has 1 heterocycles. The Hall–Kier alpha value is -3.75. The number of hydrogen-bond donors (Lipinski definition) is 1. The molecule has 0 aliphatic heterocycles. The first kappa shape index (κ1) is 19.0. The van der Waals surface area contributed by atoms with E-state index in [9.17, 15) is 14.9 Å². The maximum atomic E-state index is 12.4. The highest BCUT2D eigenvalue weighted by atomic mass is 16.6. The number of hydrogen-bond acceptors (Lipinski definition) is 6. The summed E-state index contributed by atoms with van der Waals surface area (Å²) < 4.78 is 6.53. The SMILES string of the molecule is COc1ccc(CCNC(=O)c2nnn(-c3cccc([N+](=O)[O-])c3)c2C)cc1. The highest BCUT2D eigenvalue weighted by Gasteiger charge is 2.18. The molecular weight excluding hydrogens is 362 g/mol. The van der Waals surface area contributed by atoms with Crippen LogP contribution in [-0.4, -0.2) is 39.5 Å². The molecule has 0 radical (unpaired) electrons. The maximum Gasteiger partial charge on any atom is 0.273 e. The van der Waals surface area contributed by atoms with Gasteiger partial charge in [-0.1, -0.05) is 23.4 Å². The fourth-order valence-corrected chi connectivity index (χ4v) is 2.72. The number of non-ortho nitro benzene ring substituents is 1. The topological polar surface area (TPSA) is 112 Å². The molecule has 1 N–H and O–H groups in total. The Kier molecular flexibility index (Phi) is 5.64. The number of amides is 1. The number of nitro groups is 1. The second-order valence-corrected chi connectivity index (χ2v) is 6.07. The number of rotatable bonds is 7.